The van der Waals surface area contributed by atoms with Gasteiger partial charge in [-0.15, -0.1) is 0 Å². The summed E-state index contributed by atoms with van der Waals surface area (Å²) < 4.78 is 0. The molecule has 0 heterocycles. The third-order valence-electron chi connectivity index (χ3n) is 6.08. The summed E-state index contributed by atoms with van der Waals surface area (Å²) in [4.78, 5) is 2.78. The zero-order valence-electron chi connectivity index (χ0n) is 15.3. The molecule has 1 unspecified atom stereocenters. The zero-order chi connectivity index (χ0) is 16.1. The van der Waals surface area contributed by atoms with E-state index < -0.39 is 0 Å². The SMILES string of the molecule is CCCN(CCC)C1CCc2cccc(C3CCCCC3)c2C1. The third kappa shape index (κ3) is 3.99. The highest BCUT2D eigenvalue weighted by Gasteiger charge is 2.27. The molecule has 2 aliphatic rings. The van der Waals surface area contributed by atoms with Crippen LogP contribution in [0.1, 0.15) is 87.8 Å². The molecule has 0 N–H and O–H groups in total. The Kier molecular flexibility index (Phi) is 6.16. The Bertz CT molecular complexity index is 481. The third-order valence-corrected chi connectivity index (χ3v) is 6.08. The lowest BCUT2D eigenvalue weighted by Gasteiger charge is -2.37. The predicted octanol–water partition coefficient (Wildman–Crippen LogP) is 5.71. The molecule has 1 heteroatoms. The molecule has 0 radical (unpaired) electrons. The largest absolute Gasteiger partial charge is 0.300 e. The molecule has 1 aromatic rings. The molecule has 128 valence electrons. The van der Waals surface area contributed by atoms with Crippen molar-refractivity contribution in [3.8, 4) is 0 Å². The van der Waals surface area contributed by atoms with E-state index in [1.807, 2.05) is 0 Å². The van der Waals surface area contributed by atoms with E-state index in [1.54, 1.807) is 16.7 Å². The minimum Gasteiger partial charge on any atom is -0.300 e. The summed E-state index contributed by atoms with van der Waals surface area (Å²) in [6.45, 7) is 7.21. The molecule has 2 aliphatic carbocycles. The van der Waals surface area contributed by atoms with Crippen LogP contribution in [0.5, 0.6) is 0 Å². The van der Waals surface area contributed by atoms with Gasteiger partial charge in [0, 0.05) is 6.04 Å². The van der Waals surface area contributed by atoms with Crippen molar-refractivity contribution in [2.75, 3.05) is 13.1 Å². The Labute approximate surface area is 143 Å². The first-order valence-corrected chi connectivity index (χ1v) is 10.2. The van der Waals surface area contributed by atoms with Crippen molar-refractivity contribution in [1.82, 2.24) is 4.90 Å². The zero-order valence-corrected chi connectivity index (χ0v) is 15.3. The molecule has 0 amide bonds. The Morgan fingerprint density at radius 3 is 2.39 bits per heavy atom. The number of hydrogen-bond acceptors (Lipinski definition) is 1. The average molecular weight is 314 g/mol. The maximum absolute atomic E-state index is 2.78. The van der Waals surface area contributed by atoms with E-state index in [9.17, 15) is 0 Å². The van der Waals surface area contributed by atoms with Crippen LogP contribution in [0.15, 0.2) is 18.2 Å². The Balaban J connectivity index is 1.80. The highest BCUT2D eigenvalue weighted by Crippen LogP contribution is 2.38. The lowest BCUT2D eigenvalue weighted by molar-refractivity contribution is 0.179. The minimum atomic E-state index is 0.784. The second-order valence-electron chi connectivity index (χ2n) is 7.75. The van der Waals surface area contributed by atoms with Crippen LogP contribution >= 0.6 is 0 Å². The van der Waals surface area contributed by atoms with Gasteiger partial charge in [-0.1, -0.05) is 51.3 Å². The fraction of sp³-hybridized carbons (Fsp3) is 0.727. The van der Waals surface area contributed by atoms with Gasteiger partial charge >= 0.3 is 0 Å². The van der Waals surface area contributed by atoms with Gasteiger partial charge in [0.05, 0.1) is 0 Å². The van der Waals surface area contributed by atoms with E-state index in [1.165, 1.54) is 77.3 Å². The van der Waals surface area contributed by atoms with Crippen molar-refractivity contribution < 1.29 is 0 Å². The van der Waals surface area contributed by atoms with E-state index >= 15 is 0 Å². The lowest BCUT2D eigenvalue weighted by Crippen LogP contribution is -2.40. The van der Waals surface area contributed by atoms with Crippen LogP contribution in [0.2, 0.25) is 0 Å². The molecule has 1 nitrogen and oxygen atoms in total. The molecule has 0 aliphatic heterocycles. The van der Waals surface area contributed by atoms with Crippen molar-refractivity contribution in [3.05, 3.63) is 34.9 Å². The van der Waals surface area contributed by atoms with Crippen LogP contribution < -0.4 is 0 Å². The van der Waals surface area contributed by atoms with Crippen LogP contribution in [-0.2, 0) is 12.8 Å². The number of hydrogen-bond donors (Lipinski definition) is 0. The second-order valence-corrected chi connectivity index (χ2v) is 7.75. The van der Waals surface area contributed by atoms with Gasteiger partial charge in [0.1, 0.15) is 0 Å². The molecule has 0 bridgehead atoms. The van der Waals surface area contributed by atoms with Gasteiger partial charge in [-0.05, 0) is 80.6 Å². The van der Waals surface area contributed by atoms with Gasteiger partial charge in [-0.25, -0.2) is 0 Å². The molecule has 23 heavy (non-hydrogen) atoms. The highest BCUT2D eigenvalue weighted by molar-refractivity contribution is 5.40. The molecule has 1 aromatic carbocycles. The van der Waals surface area contributed by atoms with Crippen molar-refractivity contribution >= 4 is 0 Å². The molecule has 1 atom stereocenters. The monoisotopic (exact) mass is 313 g/mol. The molecule has 3 rings (SSSR count). The topological polar surface area (TPSA) is 3.24 Å². The van der Waals surface area contributed by atoms with Gasteiger partial charge in [0.2, 0.25) is 0 Å². The van der Waals surface area contributed by atoms with E-state index in [-0.39, 0.29) is 0 Å². The van der Waals surface area contributed by atoms with Gasteiger partial charge in [0.25, 0.3) is 0 Å². The number of benzene rings is 1. The molecule has 0 spiro atoms. The first kappa shape index (κ1) is 17.0. The van der Waals surface area contributed by atoms with Crippen LogP contribution in [-0.4, -0.2) is 24.0 Å². The van der Waals surface area contributed by atoms with E-state index in [4.69, 9.17) is 0 Å². The van der Waals surface area contributed by atoms with Crippen molar-refractivity contribution in [1.29, 1.82) is 0 Å². The maximum atomic E-state index is 2.78. The molecular weight excluding hydrogens is 278 g/mol. The maximum Gasteiger partial charge on any atom is 0.0139 e. The molecule has 1 fully saturated rings. The van der Waals surface area contributed by atoms with Crippen LogP contribution in [0.3, 0.4) is 0 Å². The van der Waals surface area contributed by atoms with Gasteiger partial charge in [0.15, 0.2) is 0 Å². The van der Waals surface area contributed by atoms with Crippen molar-refractivity contribution in [2.24, 2.45) is 0 Å². The van der Waals surface area contributed by atoms with E-state index in [2.05, 4.69) is 36.9 Å². The summed E-state index contributed by atoms with van der Waals surface area (Å²) in [6, 6.07) is 7.98. The Morgan fingerprint density at radius 1 is 0.957 bits per heavy atom. The summed E-state index contributed by atoms with van der Waals surface area (Å²) in [7, 11) is 0. The first-order chi connectivity index (χ1) is 11.3. The lowest BCUT2D eigenvalue weighted by atomic mass is 9.77. The average Bonchev–Trinajstić information content (AvgIpc) is 2.61. The molecule has 0 aromatic heterocycles. The quantitative estimate of drug-likeness (QED) is 0.650. The Hall–Kier alpha value is -0.820. The summed E-state index contributed by atoms with van der Waals surface area (Å²) >= 11 is 0. The molecule has 0 saturated heterocycles. The summed E-state index contributed by atoms with van der Waals surface area (Å²) in [5.74, 6) is 0.850. The second kappa shape index (κ2) is 8.33. The fourth-order valence-electron chi connectivity index (χ4n) is 4.96. The van der Waals surface area contributed by atoms with Crippen molar-refractivity contribution in [3.63, 3.8) is 0 Å². The van der Waals surface area contributed by atoms with E-state index in [0.29, 0.717) is 0 Å². The predicted molar refractivity (Wildman–Crippen MR) is 100 cm³/mol. The Morgan fingerprint density at radius 2 is 1.70 bits per heavy atom. The fourth-order valence-corrected chi connectivity index (χ4v) is 4.96. The van der Waals surface area contributed by atoms with Gasteiger partial charge < -0.3 is 4.90 Å². The number of aryl methyl sites for hydroxylation is 1. The smallest absolute Gasteiger partial charge is 0.0139 e. The number of rotatable bonds is 6. The van der Waals surface area contributed by atoms with Crippen LogP contribution in [0.25, 0.3) is 0 Å². The summed E-state index contributed by atoms with van der Waals surface area (Å²) in [6.07, 6.45) is 13.7. The normalized spacial score (nSPS) is 22.3. The van der Waals surface area contributed by atoms with Gasteiger partial charge in [-0.2, -0.15) is 0 Å². The van der Waals surface area contributed by atoms with Crippen molar-refractivity contribution in [2.45, 2.75) is 90.0 Å². The van der Waals surface area contributed by atoms with Crippen LogP contribution in [0, 0.1) is 0 Å². The molecular formula is C22H35N. The van der Waals surface area contributed by atoms with Crippen LogP contribution in [0.4, 0.5) is 0 Å². The molecule has 1 saturated carbocycles. The summed E-state index contributed by atoms with van der Waals surface area (Å²) in [5.41, 5.74) is 5.13. The minimum absolute atomic E-state index is 0.784. The highest BCUT2D eigenvalue weighted by atomic mass is 15.1. The summed E-state index contributed by atoms with van der Waals surface area (Å²) in [5, 5.41) is 0. The number of fused-ring (bicyclic) bond motifs is 1. The number of nitrogens with zero attached hydrogens (tertiary/aromatic N) is 1. The standard InChI is InChI=1S/C22H35N/c1-3-15-23(16-4-2)20-14-13-19-11-8-12-21(22(19)17-20)18-9-6-5-7-10-18/h8,11-12,18,20H,3-7,9-10,13-17H2,1-2H3. The first-order valence-electron chi connectivity index (χ1n) is 10.2. The van der Waals surface area contributed by atoms with E-state index in [0.717, 1.165) is 12.0 Å². The van der Waals surface area contributed by atoms with Gasteiger partial charge in [-0.3, -0.25) is 0 Å².